The maximum Gasteiger partial charge on any atom is 0.150 e. The summed E-state index contributed by atoms with van der Waals surface area (Å²) in [6.45, 7) is 2.16. The number of carbonyl (C=O) groups excluding carboxylic acids is 1. The second kappa shape index (κ2) is 6.50. The highest BCUT2D eigenvalue weighted by Gasteiger charge is 2.10. The van der Waals surface area contributed by atoms with Crippen molar-refractivity contribution in [3.05, 3.63) is 61.8 Å². The maximum atomic E-state index is 13.0. The molecule has 0 saturated carbocycles. The fourth-order valence-corrected chi connectivity index (χ4v) is 3.21. The third kappa shape index (κ3) is 3.46. The van der Waals surface area contributed by atoms with Crippen LogP contribution in [0, 0.1) is 12.7 Å². The molecule has 0 heterocycles. The fourth-order valence-electron chi connectivity index (χ4n) is 1.76. The van der Waals surface area contributed by atoms with Crippen LogP contribution in [0.25, 0.3) is 0 Å². The van der Waals surface area contributed by atoms with E-state index in [0.717, 1.165) is 17.4 Å². The number of halogens is 3. The molecular weight excluding hydrogens is 391 g/mol. The highest BCUT2D eigenvalue weighted by atomic mass is 79.9. The van der Waals surface area contributed by atoms with Crippen molar-refractivity contribution in [3.63, 3.8) is 0 Å². The van der Waals surface area contributed by atoms with Crippen LogP contribution in [0.5, 0.6) is 5.75 Å². The number of hydrogen-bond acceptors (Lipinski definition) is 2. The molecule has 2 rings (SSSR count). The van der Waals surface area contributed by atoms with E-state index in [1.165, 1.54) is 12.1 Å². The molecule has 2 aromatic carbocycles. The Morgan fingerprint density at radius 2 is 1.85 bits per heavy atom. The number of rotatable bonds is 4. The van der Waals surface area contributed by atoms with E-state index in [2.05, 4.69) is 31.9 Å². The number of benzene rings is 2. The number of carbonyl (C=O) groups is 1. The molecule has 0 aromatic heterocycles. The quantitative estimate of drug-likeness (QED) is 0.670. The summed E-state index contributed by atoms with van der Waals surface area (Å²) in [6, 6.07) is 7.95. The first-order valence-electron chi connectivity index (χ1n) is 5.83. The molecule has 0 saturated heterocycles. The van der Waals surface area contributed by atoms with E-state index in [4.69, 9.17) is 4.74 Å². The third-order valence-corrected chi connectivity index (χ3v) is 4.01. The zero-order chi connectivity index (χ0) is 14.7. The van der Waals surface area contributed by atoms with Gasteiger partial charge in [-0.05, 0) is 74.2 Å². The van der Waals surface area contributed by atoms with Crippen LogP contribution in [0.4, 0.5) is 4.39 Å². The van der Waals surface area contributed by atoms with Crippen molar-refractivity contribution in [2.75, 3.05) is 0 Å². The van der Waals surface area contributed by atoms with Gasteiger partial charge in [-0.25, -0.2) is 4.39 Å². The molecule has 0 amide bonds. The van der Waals surface area contributed by atoms with Crippen LogP contribution >= 0.6 is 31.9 Å². The first-order valence-corrected chi connectivity index (χ1v) is 7.42. The van der Waals surface area contributed by atoms with Crippen molar-refractivity contribution in [1.29, 1.82) is 0 Å². The Hall–Kier alpha value is -1.20. The molecule has 0 atom stereocenters. The topological polar surface area (TPSA) is 26.3 Å². The Morgan fingerprint density at radius 3 is 2.40 bits per heavy atom. The van der Waals surface area contributed by atoms with Crippen molar-refractivity contribution >= 4 is 38.1 Å². The predicted molar refractivity (Wildman–Crippen MR) is 82.7 cm³/mol. The van der Waals surface area contributed by atoms with Crippen molar-refractivity contribution in [1.82, 2.24) is 0 Å². The van der Waals surface area contributed by atoms with Gasteiger partial charge in [0.2, 0.25) is 0 Å². The molecule has 20 heavy (non-hydrogen) atoms. The van der Waals surface area contributed by atoms with Crippen molar-refractivity contribution < 1.29 is 13.9 Å². The number of aldehydes is 1. The lowest BCUT2D eigenvalue weighted by Gasteiger charge is -2.12. The van der Waals surface area contributed by atoms with Gasteiger partial charge in [-0.1, -0.05) is 6.07 Å². The van der Waals surface area contributed by atoms with Crippen LogP contribution in [0.3, 0.4) is 0 Å². The molecule has 2 aromatic rings. The Labute approximate surface area is 133 Å². The highest BCUT2D eigenvalue weighted by Crippen LogP contribution is 2.35. The second-order valence-electron chi connectivity index (χ2n) is 4.29. The highest BCUT2D eigenvalue weighted by molar-refractivity contribution is 9.11. The van der Waals surface area contributed by atoms with Gasteiger partial charge in [-0.15, -0.1) is 0 Å². The molecule has 5 heteroatoms. The van der Waals surface area contributed by atoms with Gasteiger partial charge in [0.1, 0.15) is 24.5 Å². The van der Waals surface area contributed by atoms with E-state index in [1.54, 1.807) is 18.2 Å². The first kappa shape index (κ1) is 15.2. The van der Waals surface area contributed by atoms with Gasteiger partial charge >= 0.3 is 0 Å². The lowest BCUT2D eigenvalue weighted by molar-refractivity contribution is 0.112. The maximum absolute atomic E-state index is 13.0. The average Bonchev–Trinajstić information content (AvgIpc) is 2.39. The summed E-state index contributed by atoms with van der Waals surface area (Å²) in [5.41, 5.74) is 2.29. The fraction of sp³-hybridized carbons (Fsp3) is 0.133. The minimum Gasteiger partial charge on any atom is -0.487 e. The van der Waals surface area contributed by atoms with Gasteiger partial charge in [-0.3, -0.25) is 4.79 Å². The number of aryl methyl sites for hydroxylation is 1. The predicted octanol–water partition coefficient (Wildman–Crippen LogP) is 5.05. The van der Waals surface area contributed by atoms with Crippen molar-refractivity contribution in [2.45, 2.75) is 13.5 Å². The summed E-state index contributed by atoms with van der Waals surface area (Å²) in [5, 5.41) is 0. The first-order chi connectivity index (χ1) is 9.51. The van der Waals surface area contributed by atoms with Crippen LogP contribution < -0.4 is 4.74 Å². The third-order valence-electron chi connectivity index (χ3n) is 2.83. The van der Waals surface area contributed by atoms with Gasteiger partial charge in [0, 0.05) is 5.56 Å². The molecule has 0 aliphatic carbocycles. The molecule has 0 bridgehead atoms. The Kier molecular flexibility index (Phi) is 4.94. The summed E-state index contributed by atoms with van der Waals surface area (Å²) in [6.07, 6.45) is 0.767. The lowest BCUT2D eigenvalue weighted by atomic mass is 10.1. The van der Waals surface area contributed by atoms with Gasteiger partial charge < -0.3 is 4.74 Å². The van der Waals surface area contributed by atoms with E-state index in [9.17, 15) is 9.18 Å². The molecule has 0 radical (unpaired) electrons. The lowest BCUT2D eigenvalue weighted by Crippen LogP contribution is -2.00. The minimum atomic E-state index is -0.260. The standard InChI is InChI=1S/C15H11Br2FO2/c1-9-4-12(18)3-2-11(9)8-20-15-13(16)5-10(7-19)6-14(15)17/h2-7H,8H2,1H3. The van der Waals surface area contributed by atoms with Crippen LogP contribution in [0.15, 0.2) is 39.3 Å². The Morgan fingerprint density at radius 1 is 1.20 bits per heavy atom. The smallest absolute Gasteiger partial charge is 0.150 e. The summed E-state index contributed by atoms with van der Waals surface area (Å²) in [7, 11) is 0. The zero-order valence-electron chi connectivity index (χ0n) is 10.6. The Bertz CT molecular complexity index is 633. The van der Waals surface area contributed by atoms with Gasteiger partial charge in [0.25, 0.3) is 0 Å². The summed E-state index contributed by atoms with van der Waals surface area (Å²) < 4.78 is 20.2. The second-order valence-corrected chi connectivity index (χ2v) is 6.00. The van der Waals surface area contributed by atoms with Gasteiger partial charge in [-0.2, -0.15) is 0 Å². The van der Waals surface area contributed by atoms with E-state index < -0.39 is 0 Å². The van der Waals surface area contributed by atoms with E-state index in [-0.39, 0.29) is 5.82 Å². The van der Waals surface area contributed by atoms with E-state index >= 15 is 0 Å². The normalized spacial score (nSPS) is 10.4. The number of hydrogen-bond donors (Lipinski definition) is 0. The molecule has 104 valence electrons. The molecule has 0 aliphatic rings. The van der Waals surface area contributed by atoms with Crippen LogP contribution in [0.2, 0.25) is 0 Å². The molecular formula is C15H11Br2FO2. The molecule has 0 fully saturated rings. The largest absolute Gasteiger partial charge is 0.487 e. The molecule has 0 aliphatic heterocycles. The van der Waals surface area contributed by atoms with E-state index in [0.29, 0.717) is 26.9 Å². The van der Waals surface area contributed by atoms with Crippen molar-refractivity contribution in [2.24, 2.45) is 0 Å². The Balaban J connectivity index is 2.21. The van der Waals surface area contributed by atoms with Crippen LogP contribution in [-0.2, 0) is 6.61 Å². The molecule has 2 nitrogen and oxygen atoms in total. The summed E-state index contributed by atoms with van der Waals surface area (Å²) in [4.78, 5) is 10.8. The number of ether oxygens (including phenoxy) is 1. The van der Waals surface area contributed by atoms with E-state index in [1.807, 2.05) is 6.92 Å². The molecule has 0 spiro atoms. The monoisotopic (exact) mass is 400 g/mol. The van der Waals surface area contributed by atoms with Gasteiger partial charge in [0.05, 0.1) is 8.95 Å². The molecule has 0 N–H and O–H groups in total. The van der Waals surface area contributed by atoms with Gasteiger partial charge in [0.15, 0.2) is 0 Å². The molecule has 0 unspecified atom stereocenters. The van der Waals surface area contributed by atoms with Crippen molar-refractivity contribution in [3.8, 4) is 5.75 Å². The SMILES string of the molecule is Cc1cc(F)ccc1COc1c(Br)cc(C=O)cc1Br. The van der Waals surface area contributed by atoms with Crippen LogP contribution in [0.1, 0.15) is 21.5 Å². The zero-order valence-corrected chi connectivity index (χ0v) is 13.8. The summed E-state index contributed by atoms with van der Waals surface area (Å²) in [5.74, 6) is 0.350. The average molecular weight is 402 g/mol. The minimum absolute atomic E-state index is 0.260. The summed E-state index contributed by atoms with van der Waals surface area (Å²) >= 11 is 6.74. The van der Waals surface area contributed by atoms with Crippen LogP contribution in [-0.4, -0.2) is 6.29 Å².